The van der Waals surface area contributed by atoms with Gasteiger partial charge < -0.3 is 14.8 Å². The number of amides is 1. The average Bonchev–Trinajstić information content (AvgIpc) is 2.93. The van der Waals surface area contributed by atoms with Crippen LogP contribution in [0.1, 0.15) is 13.8 Å². The van der Waals surface area contributed by atoms with E-state index in [1.165, 1.54) is 19.3 Å². The van der Waals surface area contributed by atoms with Crippen LogP contribution in [0.25, 0.3) is 22.8 Å². The molecule has 1 amide bonds. The molecule has 0 saturated carbocycles. The molecule has 36 heavy (non-hydrogen) atoms. The van der Waals surface area contributed by atoms with Crippen LogP contribution in [0.4, 0.5) is 0 Å². The summed E-state index contributed by atoms with van der Waals surface area (Å²) in [5.41, 5.74) is 2.81. The van der Waals surface area contributed by atoms with Gasteiger partial charge in [-0.15, -0.1) is 0 Å². The molecular weight excluding hydrogens is 462 g/mol. The number of pyridine rings is 2. The van der Waals surface area contributed by atoms with Crippen molar-refractivity contribution >= 4 is 11.7 Å². The first kappa shape index (κ1) is 25.8. The minimum absolute atomic E-state index is 0.0115. The van der Waals surface area contributed by atoms with Crippen LogP contribution in [0.5, 0.6) is 11.8 Å². The summed E-state index contributed by atoms with van der Waals surface area (Å²) in [6, 6.07) is 11.1. The van der Waals surface area contributed by atoms with Crippen molar-refractivity contribution in [2.45, 2.75) is 13.8 Å². The van der Waals surface area contributed by atoms with Gasteiger partial charge in [0.05, 0.1) is 36.2 Å². The maximum Gasteiger partial charge on any atom is 0.257 e. The van der Waals surface area contributed by atoms with Crippen molar-refractivity contribution in [2.75, 3.05) is 19.8 Å². The molecule has 0 fully saturated rings. The van der Waals surface area contributed by atoms with Gasteiger partial charge in [0.2, 0.25) is 11.8 Å². The van der Waals surface area contributed by atoms with E-state index in [0.717, 1.165) is 11.4 Å². The van der Waals surface area contributed by atoms with Crippen molar-refractivity contribution in [3.05, 3.63) is 73.6 Å². The zero-order valence-corrected chi connectivity index (χ0v) is 19.9. The number of ketones is 1. The Bertz CT molecular complexity index is 1220. The average molecular weight is 488 g/mol. The van der Waals surface area contributed by atoms with E-state index in [2.05, 4.69) is 35.2 Å². The van der Waals surface area contributed by atoms with Crippen molar-refractivity contribution in [2.24, 2.45) is 0 Å². The van der Waals surface area contributed by atoms with E-state index in [4.69, 9.17) is 9.47 Å². The normalized spacial score (nSPS) is 9.94. The minimum atomic E-state index is -0.182. The molecule has 11 nitrogen and oxygen atoms in total. The number of nitrogens with zero attached hydrogens (tertiary/aromatic N) is 6. The third-order valence-corrected chi connectivity index (χ3v) is 4.26. The molecule has 184 valence electrons. The Kier molecular flexibility index (Phi) is 9.89. The molecule has 0 spiro atoms. The molecule has 0 aliphatic carbocycles. The highest BCUT2D eigenvalue weighted by atomic mass is 16.5. The number of likely N-dealkylation sites (N-methyl/N-ethyl adjacent to an activating group) is 1. The van der Waals surface area contributed by atoms with Crippen molar-refractivity contribution in [3.63, 3.8) is 0 Å². The molecule has 4 rings (SSSR count). The van der Waals surface area contributed by atoms with E-state index in [-0.39, 0.29) is 24.9 Å². The quantitative estimate of drug-likeness (QED) is 0.374. The summed E-state index contributed by atoms with van der Waals surface area (Å²) in [5, 5.41) is 2.63. The Morgan fingerprint density at radius 2 is 1.22 bits per heavy atom. The summed E-state index contributed by atoms with van der Waals surface area (Å²) in [6.45, 7) is 3.82. The highest BCUT2D eigenvalue weighted by molar-refractivity contribution is 5.77. The van der Waals surface area contributed by atoms with E-state index in [9.17, 15) is 9.59 Å². The van der Waals surface area contributed by atoms with Crippen molar-refractivity contribution in [1.29, 1.82) is 0 Å². The fourth-order valence-corrected chi connectivity index (χ4v) is 2.64. The Hall–Kier alpha value is -4.80. The Balaban J connectivity index is 0.000000202. The number of hydrogen-bond donors (Lipinski definition) is 1. The van der Waals surface area contributed by atoms with Crippen molar-refractivity contribution in [1.82, 2.24) is 35.2 Å². The standard InChI is InChI=1S/C13H14N4O2.C12H11N3O2/c1-2-14-12(18)9-19-13-8-16-11(7-17-13)10-5-3-4-6-15-10;1-9(16)8-17-12-7-14-11(6-15-12)10-4-2-3-5-13-10/h3-8H,2,9H2,1H3,(H,14,18);2-7H,8H2,1H3. The molecule has 4 aromatic rings. The lowest BCUT2D eigenvalue weighted by Gasteiger charge is -2.05. The molecule has 11 heteroatoms. The van der Waals surface area contributed by atoms with Crippen molar-refractivity contribution < 1.29 is 19.1 Å². The highest BCUT2D eigenvalue weighted by Crippen LogP contribution is 2.15. The molecule has 0 aliphatic rings. The summed E-state index contributed by atoms with van der Waals surface area (Å²) in [6.07, 6.45) is 9.47. The fourth-order valence-electron chi connectivity index (χ4n) is 2.64. The fraction of sp³-hybridized carbons (Fsp3) is 0.200. The Morgan fingerprint density at radius 3 is 1.61 bits per heavy atom. The van der Waals surface area contributed by atoms with E-state index >= 15 is 0 Å². The van der Waals surface area contributed by atoms with E-state index in [0.29, 0.717) is 29.7 Å². The number of carbonyl (C=O) groups excluding carboxylic acids is 2. The molecule has 0 aliphatic heterocycles. The molecule has 0 aromatic carbocycles. The van der Waals surface area contributed by atoms with Gasteiger partial charge >= 0.3 is 0 Å². The smallest absolute Gasteiger partial charge is 0.257 e. The Labute approximate surface area is 208 Å². The van der Waals surface area contributed by atoms with Gasteiger partial charge in [0.15, 0.2) is 12.4 Å². The van der Waals surface area contributed by atoms with Gasteiger partial charge in [-0.1, -0.05) is 12.1 Å². The van der Waals surface area contributed by atoms with Crippen LogP contribution < -0.4 is 14.8 Å². The van der Waals surface area contributed by atoms with Gasteiger partial charge in [-0.2, -0.15) is 0 Å². The zero-order chi connectivity index (χ0) is 25.6. The zero-order valence-electron chi connectivity index (χ0n) is 19.9. The topological polar surface area (TPSA) is 142 Å². The maximum atomic E-state index is 11.2. The predicted octanol–water partition coefficient (Wildman–Crippen LogP) is 2.56. The molecule has 0 saturated heterocycles. The number of carbonyl (C=O) groups is 2. The largest absolute Gasteiger partial charge is 0.469 e. The second-order valence-corrected chi connectivity index (χ2v) is 7.14. The monoisotopic (exact) mass is 487 g/mol. The third kappa shape index (κ3) is 8.52. The molecule has 0 atom stereocenters. The van der Waals surface area contributed by atoms with Crippen LogP contribution in [0.3, 0.4) is 0 Å². The molecule has 1 N–H and O–H groups in total. The van der Waals surface area contributed by atoms with Crippen molar-refractivity contribution in [3.8, 4) is 34.5 Å². The summed E-state index contributed by atoms with van der Waals surface area (Å²) in [5.74, 6) is 0.407. The molecular formula is C25H25N7O4. The highest BCUT2D eigenvalue weighted by Gasteiger charge is 2.05. The van der Waals surface area contributed by atoms with Crippen LogP contribution in [0.2, 0.25) is 0 Å². The molecule has 4 heterocycles. The van der Waals surface area contributed by atoms with Gasteiger partial charge in [-0.3, -0.25) is 19.6 Å². The van der Waals surface area contributed by atoms with Gasteiger partial charge in [0, 0.05) is 18.9 Å². The van der Waals surface area contributed by atoms with E-state index < -0.39 is 0 Å². The lowest BCUT2D eigenvalue weighted by Crippen LogP contribution is -2.28. The van der Waals surface area contributed by atoms with Crippen LogP contribution in [-0.2, 0) is 9.59 Å². The lowest BCUT2D eigenvalue weighted by atomic mass is 10.3. The number of rotatable bonds is 9. The number of hydrogen-bond acceptors (Lipinski definition) is 10. The summed E-state index contributed by atoms with van der Waals surface area (Å²) in [7, 11) is 0. The summed E-state index contributed by atoms with van der Waals surface area (Å²) in [4.78, 5) is 46.7. The number of Topliss-reactive ketones (excluding diaryl/α,β-unsaturated/α-hetero) is 1. The van der Waals surface area contributed by atoms with Crippen LogP contribution in [0.15, 0.2) is 73.6 Å². The second-order valence-electron chi connectivity index (χ2n) is 7.14. The van der Waals surface area contributed by atoms with Gasteiger partial charge in [-0.05, 0) is 38.1 Å². The summed E-state index contributed by atoms with van der Waals surface area (Å²) < 4.78 is 10.3. The first-order chi connectivity index (χ1) is 17.5. The molecule has 0 radical (unpaired) electrons. The SMILES string of the molecule is CC(=O)COc1cnc(-c2ccccn2)cn1.CCNC(=O)COc1cnc(-c2ccccn2)cn1. The number of aromatic nitrogens is 6. The number of ether oxygens (including phenoxy) is 2. The van der Waals surface area contributed by atoms with E-state index in [1.54, 1.807) is 24.8 Å². The van der Waals surface area contributed by atoms with Gasteiger partial charge in [0.25, 0.3) is 5.91 Å². The lowest BCUT2D eigenvalue weighted by molar-refractivity contribution is -0.123. The first-order valence-electron chi connectivity index (χ1n) is 11.0. The van der Waals surface area contributed by atoms with Gasteiger partial charge in [0.1, 0.15) is 18.0 Å². The predicted molar refractivity (Wildman–Crippen MR) is 131 cm³/mol. The Morgan fingerprint density at radius 1 is 0.694 bits per heavy atom. The van der Waals surface area contributed by atoms with Crippen LogP contribution in [-0.4, -0.2) is 61.4 Å². The van der Waals surface area contributed by atoms with Crippen LogP contribution in [0, 0.1) is 0 Å². The second kappa shape index (κ2) is 13.8. The number of nitrogens with one attached hydrogen (secondary N) is 1. The molecule has 4 aromatic heterocycles. The van der Waals surface area contributed by atoms with Crippen LogP contribution >= 0.6 is 0 Å². The molecule has 0 unspecified atom stereocenters. The third-order valence-electron chi connectivity index (χ3n) is 4.26. The molecule has 0 bridgehead atoms. The summed E-state index contributed by atoms with van der Waals surface area (Å²) >= 11 is 0. The minimum Gasteiger partial charge on any atom is -0.469 e. The first-order valence-corrected chi connectivity index (χ1v) is 11.0. The van der Waals surface area contributed by atoms with E-state index in [1.807, 2.05) is 43.3 Å². The van der Waals surface area contributed by atoms with Gasteiger partial charge in [-0.25, -0.2) is 19.9 Å². The maximum absolute atomic E-state index is 11.2.